The standard InChI is InChI=1S/C17H26N4/c1-16(2)12-9-10-17(3,11-12)14(16)20-15(21-18)19-13-7-5-4-6-8-13/h4-8,12,14H,9-11,18H2,1-3H3,(H2,19,20,21). The number of guanidine groups is 1. The van der Waals surface area contributed by atoms with Crippen LogP contribution in [0.5, 0.6) is 0 Å². The molecule has 4 N–H and O–H groups in total. The van der Waals surface area contributed by atoms with Crippen LogP contribution in [0.4, 0.5) is 5.69 Å². The van der Waals surface area contributed by atoms with Gasteiger partial charge in [-0.25, -0.2) is 10.8 Å². The Hall–Kier alpha value is -1.55. The van der Waals surface area contributed by atoms with Crippen LogP contribution < -0.4 is 16.6 Å². The SMILES string of the molecule is CC12CCC(C1)C(C)(C)C2N=C(NN)Nc1ccccc1. The predicted molar refractivity (Wildman–Crippen MR) is 87.8 cm³/mol. The van der Waals surface area contributed by atoms with E-state index >= 15 is 0 Å². The van der Waals surface area contributed by atoms with Gasteiger partial charge in [-0.2, -0.15) is 0 Å². The maximum Gasteiger partial charge on any atom is 0.210 e. The van der Waals surface area contributed by atoms with Crippen LogP contribution >= 0.6 is 0 Å². The van der Waals surface area contributed by atoms with Gasteiger partial charge in [-0.15, -0.1) is 0 Å². The Bertz CT molecular complexity index is 532. The van der Waals surface area contributed by atoms with Gasteiger partial charge in [0, 0.05) is 5.69 Å². The Morgan fingerprint density at radius 1 is 1.24 bits per heavy atom. The molecule has 114 valence electrons. The summed E-state index contributed by atoms with van der Waals surface area (Å²) in [7, 11) is 0. The summed E-state index contributed by atoms with van der Waals surface area (Å²) in [6.45, 7) is 7.09. The van der Waals surface area contributed by atoms with Crippen LogP contribution in [-0.4, -0.2) is 12.0 Å². The van der Waals surface area contributed by atoms with Gasteiger partial charge in [-0.05, 0) is 48.1 Å². The molecule has 1 aromatic carbocycles. The van der Waals surface area contributed by atoms with Crippen molar-refractivity contribution in [2.75, 3.05) is 5.32 Å². The molecule has 2 aliphatic carbocycles. The Kier molecular flexibility index (Phi) is 3.44. The number of benzene rings is 1. The normalized spacial score (nSPS) is 34.0. The van der Waals surface area contributed by atoms with Crippen LogP contribution in [0.3, 0.4) is 0 Å². The second-order valence-electron chi connectivity index (χ2n) is 7.43. The van der Waals surface area contributed by atoms with Crippen LogP contribution in [0.25, 0.3) is 0 Å². The third-order valence-electron chi connectivity index (χ3n) is 5.63. The molecule has 0 aliphatic heterocycles. The predicted octanol–water partition coefficient (Wildman–Crippen LogP) is 3.13. The van der Waals surface area contributed by atoms with Gasteiger partial charge in [0.05, 0.1) is 6.04 Å². The molecule has 4 nitrogen and oxygen atoms in total. The Balaban J connectivity index is 1.85. The second-order valence-corrected chi connectivity index (χ2v) is 7.43. The van der Waals surface area contributed by atoms with E-state index in [1.807, 2.05) is 30.3 Å². The van der Waals surface area contributed by atoms with Gasteiger partial charge >= 0.3 is 0 Å². The number of fused-ring (bicyclic) bond motifs is 2. The molecule has 3 rings (SSSR count). The summed E-state index contributed by atoms with van der Waals surface area (Å²) < 4.78 is 0. The highest BCUT2D eigenvalue weighted by Gasteiger charge is 2.59. The molecule has 0 spiro atoms. The van der Waals surface area contributed by atoms with Crippen LogP contribution in [-0.2, 0) is 0 Å². The molecule has 0 aromatic heterocycles. The van der Waals surface area contributed by atoms with Crippen molar-refractivity contribution in [2.45, 2.75) is 46.1 Å². The molecule has 2 aliphatic rings. The molecule has 21 heavy (non-hydrogen) atoms. The van der Waals surface area contributed by atoms with E-state index in [0.717, 1.165) is 11.6 Å². The minimum absolute atomic E-state index is 0.244. The van der Waals surface area contributed by atoms with Crippen LogP contribution in [0.1, 0.15) is 40.0 Å². The maximum absolute atomic E-state index is 5.69. The number of hydrogen-bond acceptors (Lipinski definition) is 2. The minimum Gasteiger partial charge on any atom is -0.325 e. The largest absolute Gasteiger partial charge is 0.325 e. The van der Waals surface area contributed by atoms with E-state index in [-0.39, 0.29) is 5.41 Å². The van der Waals surface area contributed by atoms with E-state index in [1.54, 1.807) is 0 Å². The molecule has 4 heteroatoms. The Morgan fingerprint density at radius 3 is 2.52 bits per heavy atom. The van der Waals surface area contributed by atoms with Crippen LogP contribution in [0.15, 0.2) is 35.3 Å². The highest BCUT2D eigenvalue weighted by molar-refractivity contribution is 5.93. The number of anilines is 1. The third kappa shape index (κ3) is 2.42. The lowest BCUT2D eigenvalue weighted by atomic mass is 9.69. The van der Waals surface area contributed by atoms with Gasteiger partial charge in [0.1, 0.15) is 0 Å². The fourth-order valence-corrected chi connectivity index (χ4v) is 4.49. The number of hydrogen-bond donors (Lipinski definition) is 3. The quantitative estimate of drug-likeness (QED) is 0.339. The van der Waals surface area contributed by atoms with Crippen molar-refractivity contribution in [1.29, 1.82) is 0 Å². The number of nitrogens with one attached hydrogen (secondary N) is 2. The molecule has 2 fully saturated rings. The zero-order valence-corrected chi connectivity index (χ0v) is 13.2. The topological polar surface area (TPSA) is 62.4 Å². The lowest BCUT2D eigenvalue weighted by Crippen LogP contribution is -2.44. The lowest BCUT2D eigenvalue weighted by molar-refractivity contribution is 0.142. The number of nitrogens with zero attached hydrogens (tertiary/aromatic N) is 1. The Morgan fingerprint density at radius 2 is 1.95 bits per heavy atom. The molecule has 3 unspecified atom stereocenters. The molecule has 0 heterocycles. The van der Waals surface area contributed by atoms with Crippen molar-refractivity contribution >= 4 is 11.6 Å². The molecular formula is C17H26N4. The van der Waals surface area contributed by atoms with Gasteiger partial charge in [-0.3, -0.25) is 5.43 Å². The van der Waals surface area contributed by atoms with E-state index in [2.05, 4.69) is 31.5 Å². The summed E-state index contributed by atoms with van der Waals surface area (Å²) in [5.41, 5.74) is 4.29. The van der Waals surface area contributed by atoms with E-state index in [4.69, 9.17) is 10.8 Å². The summed E-state index contributed by atoms with van der Waals surface area (Å²) in [4.78, 5) is 4.97. The average Bonchev–Trinajstić information content (AvgIpc) is 2.94. The lowest BCUT2D eigenvalue weighted by Gasteiger charge is -2.40. The molecular weight excluding hydrogens is 260 g/mol. The summed E-state index contributed by atoms with van der Waals surface area (Å²) >= 11 is 0. The van der Waals surface area contributed by atoms with Crippen molar-refractivity contribution in [3.05, 3.63) is 30.3 Å². The van der Waals surface area contributed by atoms with Crippen molar-refractivity contribution in [3.8, 4) is 0 Å². The number of para-hydroxylation sites is 1. The van der Waals surface area contributed by atoms with Gasteiger partial charge in [0.2, 0.25) is 5.96 Å². The third-order valence-corrected chi connectivity index (χ3v) is 5.63. The van der Waals surface area contributed by atoms with Crippen molar-refractivity contribution < 1.29 is 0 Å². The minimum atomic E-state index is 0.244. The first kappa shape index (κ1) is 14.4. The summed E-state index contributed by atoms with van der Waals surface area (Å²) in [6, 6.07) is 10.3. The second kappa shape index (κ2) is 5.02. The molecule has 2 bridgehead atoms. The zero-order chi connectivity index (χ0) is 15.1. The van der Waals surface area contributed by atoms with Gasteiger partial charge in [0.15, 0.2) is 0 Å². The molecule has 3 atom stereocenters. The summed E-state index contributed by atoms with van der Waals surface area (Å²) in [6.07, 6.45) is 3.91. The average molecular weight is 286 g/mol. The van der Waals surface area contributed by atoms with Crippen molar-refractivity contribution in [3.63, 3.8) is 0 Å². The van der Waals surface area contributed by atoms with E-state index in [1.165, 1.54) is 19.3 Å². The van der Waals surface area contributed by atoms with Crippen molar-refractivity contribution in [1.82, 2.24) is 5.43 Å². The fraction of sp³-hybridized carbons (Fsp3) is 0.588. The monoisotopic (exact) mass is 286 g/mol. The first-order valence-corrected chi connectivity index (χ1v) is 7.82. The maximum atomic E-state index is 5.69. The van der Waals surface area contributed by atoms with Crippen LogP contribution in [0.2, 0.25) is 0 Å². The van der Waals surface area contributed by atoms with E-state index in [9.17, 15) is 0 Å². The van der Waals surface area contributed by atoms with Crippen molar-refractivity contribution in [2.24, 2.45) is 27.6 Å². The first-order chi connectivity index (χ1) is 9.95. The molecule has 1 aromatic rings. The van der Waals surface area contributed by atoms with Crippen LogP contribution in [0, 0.1) is 16.7 Å². The molecule has 2 saturated carbocycles. The Labute approximate surface area is 127 Å². The molecule has 0 radical (unpaired) electrons. The fourth-order valence-electron chi connectivity index (χ4n) is 4.49. The highest BCUT2D eigenvalue weighted by atomic mass is 15.3. The van der Waals surface area contributed by atoms with Gasteiger partial charge in [-0.1, -0.05) is 39.0 Å². The summed E-state index contributed by atoms with van der Waals surface area (Å²) in [5.74, 6) is 7.13. The highest BCUT2D eigenvalue weighted by Crippen LogP contribution is 2.63. The number of aliphatic imine (C=N–C) groups is 1. The van der Waals surface area contributed by atoms with E-state index in [0.29, 0.717) is 17.4 Å². The van der Waals surface area contributed by atoms with E-state index < -0.39 is 0 Å². The smallest absolute Gasteiger partial charge is 0.210 e. The first-order valence-electron chi connectivity index (χ1n) is 7.82. The number of rotatable bonds is 2. The summed E-state index contributed by atoms with van der Waals surface area (Å²) in [5, 5.41) is 3.28. The molecule has 0 saturated heterocycles. The number of nitrogens with two attached hydrogens (primary N) is 1. The van der Waals surface area contributed by atoms with Gasteiger partial charge in [0.25, 0.3) is 0 Å². The zero-order valence-electron chi connectivity index (χ0n) is 13.2. The van der Waals surface area contributed by atoms with Gasteiger partial charge < -0.3 is 5.32 Å². The number of hydrazine groups is 1. The molecule has 0 amide bonds.